The van der Waals surface area contributed by atoms with Crippen molar-refractivity contribution in [3.05, 3.63) is 30.6 Å². The summed E-state index contributed by atoms with van der Waals surface area (Å²) in [5, 5.41) is 21.3. The molecule has 1 aliphatic heterocycles. The zero-order valence-electron chi connectivity index (χ0n) is 9.90. The van der Waals surface area contributed by atoms with E-state index in [2.05, 4.69) is 20.6 Å². The topological polar surface area (TPSA) is 75.9 Å². The SMILES string of the molecule is O[C@H]1CNCC[C@@H]1n1cc(-c2ccccn2)nn1. The molecule has 0 radical (unpaired) electrons. The molecule has 2 aromatic rings. The van der Waals surface area contributed by atoms with Gasteiger partial charge >= 0.3 is 0 Å². The van der Waals surface area contributed by atoms with Crippen LogP contribution in [0.3, 0.4) is 0 Å². The van der Waals surface area contributed by atoms with Gasteiger partial charge in [-0.3, -0.25) is 4.98 Å². The zero-order valence-corrected chi connectivity index (χ0v) is 9.90. The van der Waals surface area contributed by atoms with E-state index in [0.717, 1.165) is 24.4 Å². The van der Waals surface area contributed by atoms with E-state index in [9.17, 15) is 5.11 Å². The highest BCUT2D eigenvalue weighted by Gasteiger charge is 2.25. The quantitative estimate of drug-likeness (QED) is 0.792. The first-order valence-electron chi connectivity index (χ1n) is 6.06. The van der Waals surface area contributed by atoms with Crippen molar-refractivity contribution in [3.8, 4) is 11.4 Å². The molecule has 2 N–H and O–H groups in total. The molecule has 0 aliphatic carbocycles. The number of nitrogens with zero attached hydrogens (tertiary/aromatic N) is 4. The van der Waals surface area contributed by atoms with Gasteiger partial charge in [0, 0.05) is 12.7 Å². The minimum Gasteiger partial charge on any atom is -0.390 e. The maximum Gasteiger partial charge on any atom is 0.131 e. The molecule has 3 heterocycles. The normalized spacial score (nSPS) is 24.1. The maximum atomic E-state index is 9.94. The molecule has 1 fully saturated rings. The van der Waals surface area contributed by atoms with Gasteiger partial charge in [0.2, 0.25) is 0 Å². The largest absolute Gasteiger partial charge is 0.390 e. The summed E-state index contributed by atoms with van der Waals surface area (Å²) in [7, 11) is 0. The number of pyridine rings is 1. The second-order valence-electron chi connectivity index (χ2n) is 4.43. The van der Waals surface area contributed by atoms with Crippen LogP contribution in [0, 0.1) is 0 Å². The van der Waals surface area contributed by atoms with E-state index in [1.807, 2.05) is 24.4 Å². The number of β-amino-alcohol motifs (C(OH)–C–C–N with tert-alkyl or cyclic N) is 1. The van der Waals surface area contributed by atoms with Gasteiger partial charge < -0.3 is 10.4 Å². The van der Waals surface area contributed by atoms with E-state index in [-0.39, 0.29) is 6.04 Å². The maximum absolute atomic E-state index is 9.94. The van der Waals surface area contributed by atoms with Crippen LogP contribution >= 0.6 is 0 Å². The number of aliphatic hydroxyl groups excluding tert-OH is 1. The van der Waals surface area contributed by atoms with E-state index in [4.69, 9.17) is 0 Å². The van der Waals surface area contributed by atoms with Crippen LogP contribution in [0.2, 0.25) is 0 Å². The van der Waals surface area contributed by atoms with E-state index >= 15 is 0 Å². The monoisotopic (exact) mass is 245 g/mol. The highest BCUT2D eigenvalue weighted by Crippen LogP contribution is 2.20. The van der Waals surface area contributed by atoms with Crippen molar-refractivity contribution in [3.63, 3.8) is 0 Å². The zero-order chi connectivity index (χ0) is 12.4. The van der Waals surface area contributed by atoms with E-state index in [1.165, 1.54) is 0 Å². The Morgan fingerprint density at radius 3 is 3.06 bits per heavy atom. The second kappa shape index (κ2) is 4.83. The fourth-order valence-electron chi connectivity index (χ4n) is 2.21. The predicted octanol–water partition coefficient (Wildman–Crippen LogP) is 0.235. The number of nitrogens with one attached hydrogen (secondary N) is 1. The third kappa shape index (κ3) is 2.12. The Balaban J connectivity index is 1.85. The van der Waals surface area contributed by atoms with Gasteiger partial charge in [0.25, 0.3) is 0 Å². The molecule has 6 nitrogen and oxygen atoms in total. The third-order valence-electron chi connectivity index (χ3n) is 3.19. The molecular weight excluding hydrogens is 230 g/mol. The standard InChI is InChI=1S/C12H15N5O/c18-12-7-13-6-4-11(12)17-8-10(15-16-17)9-3-1-2-5-14-9/h1-3,5,8,11-13,18H,4,6-7H2/t11-,12-/m0/s1. The summed E-state index contributed by atoms with van der Waals surface area (Å²) in [6.45, 7) is 1.49. The summed E-state index contributed by atoms with van der Waals surface area (Å²) in [5.41, 5.74) is 1.54. The Hall–Kier alpha value is -1.79. The molecule has 6 heteroatoms. The summed E-state index contributed by atoms with van der Waals surface area (Å²) < 4.78 is 1.75. The molecular formula is C12H15N5O. The van der Waals surface area contributed by atoms with Crippen molar-refractivity contribution in [2.45, 2.75) is 18.6 Å². The Morgan fingerprint density at radius 1 is 1.33 bits per heavy atom. The van der Waals surface area contributed by atoms with Gasteiger partial charge in [-0.15, -0.1) is 5.10 Å². The molecule has 2 aromatic heterocycles. The number of rotatable bonds is 2. The first kappa shape index (κ1) is 11.3. The van der Waals surface area contributed by atoms with E-state index in [1.54, 1.807) is 10.9 Å². The lowest BCUT2D eigenvalue weighted by Gasteiger charge is -2.27. The molecule has 0 bridgehead atoms. The minimum absolute atomic E-state index is 0.00351. The van der Waals surface area contributed by atoms with Crippen LogP contribution in [-0.4, -0.2) is 44.3 Å². The highest BCUT2D eigenvalue weighted by atomic mass is 16.3. The fraction of sp³-hybridized carbons (Fsp3) is 0.417. The van der Waals surface area contributed by atoms with Gasteiger partial charge in [0.15, 0.2) is 0 Å². The predicted molar refractivity (Wildman–Crippen MR) is 65.8 cm³/mol. The second-order valence-corrected chi connectivity index (χ2v) is 4.43. The minimum atomic E-state index is -0.419. The van der Waals surface area contributed by atoms with Crippen molar-refractivity contribution in [2.75, 3.05) is 13.1 Å². The van der Waals surface area contributed by atoms with Crippen LogP contribution in [0.15, 0.2) is 30.6 Å². The van der Waals surface area contributed by atoms with Crippen LogP contribution in [0.4, 0.5) is 0 Å². The summed E-state index contributed by atoms with van der Waals surface area (Å²) in [6.07, 6.45) is 4.01. The summed E-state index contributed by atoms with van der Waals surface area (Å²) >= 11 is 0. The molecule has 1 aliphatic rings. The van der Waals surface area contributed by atoms with Crippen LogP contribution < -0.4 is 5.32 Å². The van der Waals surface area contributed by atoms with Crippen LogP contribution in [-0.2, 0) is 0 Å². The van der Waals surface area contributed by atoms with E-state index < -0.39 is 6.10 Å². The van der Waals surface area contributed by atoms with Gasteiger partial charge in [-0.25, -0.2) is 4.68 Å². The Labute approximate surface area is 105 Å². The van der Waals surface area contributed by atoms with E-state index in [0.29, 0.717) is 6.54 Å². The average molecular weight is 245 g/mol. The molecule has 0 unspecified atom stereocenters. The van der Waals surface area contributed by atoms with Gasteiger partial charge in [-0.1, -0.05) is 11.3 Å². The van der Waals surface area contributed by atoms with Crippen LogP contribution in [0.25, 0.3) is 11.4 Å². The van der Waals surface area contributed by atoms with Crippen LogP contribution in [0.1, 0.15) is 12.5 Å². The molecule has 0 amide bonds. The van der Waals surface area contributed by atoms with Gasteiger partial charge in [-0.05, 0) is 25.1 Å². The number of aliphatic hydroxyl groups is 1. The van der Waals surface area contributed by atoms with Crippen molar-refractivity contribution >= 4 is 0 Å². The number of hydrogen-bond acceptors (Lipinski definition) is 5. The number of hydrogen-bond donors (Lipinski definition) is 2. The van der Waals surface area contributed by atoms with Crippen molar-refractivity contribution < 1.29 is 5.11 Å². The highest BCUT2D eigenvalue weighted by molar-refractivity contribution is 5.51. The van der Waals surface area contributed by atoms with Crippen molar-refractivity contribution in [1.29, 1.82) is 0 Å². The third-order valence-corrected chi connectivity index (χ3v) is 3.19. The molecule has 1 saturated heterocycles. The number of piperidine rings is 1. The Kier molecular flexibility index (Phi) is 3.04. The summed E-state index contributed by atoms with van der Waals surface area (Å²) in [5.74, 6) is 0. The first-order chi connectivity index (χ1) is 8.84. The smallest absolute Gasteiger partial charge is 0.131 e. The average Bonchev–Trinajstić information content (AvgIpc) is 2.90. The van der Waals surface area contributed by atoms with Gasteiger partial charge in [0.05, 0.1) is 24.0 Å². The molecule has 0 spiro atoms. The van der Waals surface area contributed by atoms with Crippen LogP contribution in [0.5, 0.6) is 0 Å². The number of aromatic nitrogens is 4. The molecule has 0 aromatic carbocycles. The molecule has 94 valence electrons. The van der Waals surface area contributed by atoms with Crippen molar-refractivity contribution in [2.24, 2.45) is 0 Å². The van der Waals surface area contributed by atoms with Gasteiger partial charge in [0.1, 0.15) is 5.69 Å². The first-order valence-corrected chi connectivity index (χ1v) is 6.06. The molecule has 0 saturated carbocycles. The molecule has 18 heavy (non-hydrogen) atoms. The van der Waals surface area contributed by atoms with Crippen molar-refractivity contribution in [1.82, 2.24) is 25.3 Å². The van der Waals surface area contributed by atoms with Gasteiger partial charge in [-0.2, -0.15) is 0 Å². The molecule has 3 rings (SSSR count). The summed E-state index contributed by atoms with van der Waals surface area (Å²) in [6, 6.07) is 5.68. The lowest BCUT2D eigenvalue weighted by molar-refractivity contribution is 0.0800. The lowest BCUT2D eigenvalue weighted by Crippen LogP contribution is -2.41. The summed E-state index contributed by atoms with van der Waals surface area (Å²) in [4.78, 5) is 4.24. The lowest BCUT2D eigenvalue weighted by atomic mass is 10.0. The molecule has 2 atom stereocenters. The Morgan fingerprint density at radius 2 is 2.28 bits per heavy atom. The Bertz CT molecular complexity index is 512. The fourth-order valence-corrected chi connectivity index (χ4v) is 2.21.